The second-order valence-electron chi connectivity index (χ2n) is 5.97. The number of piperidine rings is 1. The molecule has 2 aliphatic heterocycles. The first-order valence-corrected chi connectivity index (χ1v) is 7.29. The van der Waals surface area contributed by atoms with Crippen molar-refractivity contribution in [3.8, 4) is 0 Å². The molecule has 1 amide bonds. The number of carbonyl (C=O) groups is 2. The summed E-state index contributed by atoms with van der Waals surface area (Å²) < 4.78 is 13.8. The maximum Gasteiger partial charge on any atom is 0.309 e. The van der Waals surface area contributed by atoms with E-state index in [2.05, 4.69) is 4.98 Å². The summed E-state index contributed by atoms with van der Waals surface area (Å²) in [5.74, 6) is -2.13. The highest BCUT2D eigenvalue weighted by Crippen LogP contribution is 2.43. The monoisotopic (exact) mass is 307 g/mol. The SMILES string of the molecule is CN1C(=O)C[C@H](C(=O)O)C12CCN(c1ccncc1F)CC2. The summed E-state index contributed by atoms with van der Waals surface area (Å²) in [7, 11) is 1.67. The van der Waals surface area contributed by atoms with Crippen LogP contribution in [-0.2, 0) is 9.59 Å². The number of hydrogen-bond acceptors (Lipinski definition) is 4. The van der Waals surface area contributed by atoms with Crippen LogP contribution in [0.1, 0.15) is 19.3 Å². The van der Waals surface area contributed by atoms with Gasteiger partial charge < -0.3 is 14.9 Å². The van der Waals surface area contributed by atoms with E-state index in [1.54, 1.807) is 18.0 Å². The zero-order valence-electron chi connectivity index (χ0n) is 12.3. The Hall–Kier alpha value is -2.18. The molecule has 1 aromatic heterocycles. The summed E-state index contributed by atoms with van der Waals surface area (Å²) in [5, 5.41) is 9.43. The Balaban J connectivity index is 1.82. The van der Waals surface area contributed by atoms with Gasteiger partial charge in [0.25, 0.3) is 0 Å². The Kier molecular flexibility index (Phi) is 3.50. The topological polar surface area (TPSA) is 73.7 Å². The van der Waals surface area contributed by atoms with Crippen LogP contribution >= 0.6 is 0 Å². The Morgan fingerprint density at radius 1 is 1.45 bits per heavy atom. The summed E-state index contributed by atoms with van der Waals surface area (Å²) in [6.07, 6.45) is 3.80. The number of likely N-dealkylation sites (tertiary alicyclic amines) is 1. The summed E-state index contributed by atoms with van der Waals surface area (Å²) in [6.45, 7) is 1.03. The van der Waals surface area contributed by atoms with Gasteiger partial charge in [0, 0.05) is 32.8 Å². The standard InChI is InChI=1S/C15H18FN3O3/c1-18-13(20)8-10(14(21)22)15(18)3-6-19(7-4-15)12-2-5-17-9-11(12)16/h2,5,9-10H,3-4,6-8H2,1H3,(H,21,22)/t10-/m1/s1. The maximum absolute atomic E-state index is 13.8. The average molecular weight is 307 g/mol. The second-order valence-corrected chi connectivity index (χ2v) is 5.97. The first kappa shape index (κ1) is 14.7. The summed E-state index contributed by atoms with van der Waals surface area (Å²) >= 11 is 0. The molecule has 6 nitrogen and oxygen atoms in total. The first-order chi connectivity index (χ1) is 10.5. The van der Waals surface area contributed by atoms with E-state index in [9.17, 15) is 19.1 Å². The number of aromatic nitrogens is 1. The highest BCUT2D eigenvalue weighted by atomic mass is 19.1. The van der Waals surface area contributed by atoms with Gasteiger partial charge in [0.1, 0.15) is 0 Å². The number of amides is 1. The molecule has 2 saturated heterocycles. The number of rotatable bonds is 2. The fraction of sp³-hybridized carbons (Fsp3) is 0.533. The Morgan fingerprint density at radius 3 is 2.73 bits per heavy atom. The van der Waals surface area contributed by atoms with Gasteiger partial charge >= 0.3 is 5.97 Å². The van der Waals surface area contributed by atoms with Crippen LogP contribution in [-0.4, -0.2) is 52.5 Å². The lowest BCUT2D eigenvalue weighted by Crippen LogP contribution is -2.56. The van der Waals surface area contributed by atoms with Crippen LogP contribution in [0.3, 0.4) is 0 Å². The summed E-state index contributed by atoms with van der Waals surface area (Å²) in [6, 6.07) is 1.62. The molecule has 118 valence electrons. The van der Waals surface area contributed by atoms with Crippen molar-refractivity contribution in [2.24, 2.45) is 5.92 Å². The van der Waals surface area contributed by atoms with Crippen LogP contribution < -0.4 is 4.90 Å². The molecule has 3 heterocycles. The third kappa shape index (κ3) is 2.12. The van der Waals surface area contributed by atoms with E-state index in [0.29, 0.717) is 31.6 Å². The molecule has 2 aliphatic rings. The minimum Gasteiger partial charge on any atom is -0.481 e. The molecular formula is C15H18FN3O3. The molecular weight excluding hydrogens is 289 g/mol. The molecule has 2 fully saturated rings. The van der Waals surface area contributed by atoms with Crippen LogP contribution in [0.25, 0.3) is 0 Å². The zero-order chi connectivity index (χ0) is 15.9. The highest BCUT2D eigenvalue weighted by molar-refractivity contribution is 5.88. The molecule has 0 aliphatic carbocycles. The number of nitrogens with zero attached hydrogens (tertiary/aromatic N) is 3. The third-order valence-corrected chi connectivity index (χ3v) is 5.09. The number of anilines is 1. The first-order valence-electron chi connectivity index (χ1n) is 7.29. The van der Waals surface area contributed by atoms with E-state index in [1.165, 1.54) is 12.4 Å². The van der Waals surface area contributed by atoms with Crippen LogP contribution in [0.5, 0.6) is 0 Å². The van der Waals surface area contributed by atoms with E-state index < -0.39 is 17.4 Å². The molecule has 7 heteroatoms. The van der Waals surface area contributed by atoms with E-state index in [-0.39, 0.29) is 18.1 Å². The molecule has 0 unspecified atom stereocenters. The molecule has 3 rings (SSSR count). The second kappa shape index (κ2) is 5.23. The molecule has 1 aromatic rings. The van der Waals surface area contributed by atoms with Gasteiger partial charge in [-0.3, -0.25) is 14.6 Å². The van der Waals surface area contributed by atoms with Gasteiger partial charge in [-0.2, -0.15) is 0 Å². The number of carboxylic acids is 1. The summed E-state index contributed by atoms with van der Waals surface area (Å²) in [5.41, 5.74) is -0.174. The predicted octanol–water partition coefficient (Wildman–Crippen LogP) is 1.12. The van der Waals surface area contributed by atoms with E-state index in [0.717, 1.165) is 0 Å². The number of carbonyl (C=O) groups excluding carboxylic acids is 1. The van der Waals surface area contributed by atoms with Gasteiger partial charge in [0.05, 0.1) is 23.3 Å². The molecule has 0 saturated carbocycles. The minimum absolute atomic E-state index is 0.0510. The van der Waals surface area contributed by atoms with E-state index >= 15 is 0 Å². The van der Waals surface area contributed by atoms with Crippen molar-refractivity contribution < 1.29 is 19.1 Å². The van der Waals surface area contributed by atoms with Crippen LogP contribution in [0.15, 0.2) is 18.5 Å². The number of halogens is 1. The third-order valence-electron chi connectivity index (χ3n) is 5.09. The van der Waals surface area contributed by atoms with Crippen LogP contribution in [0.2, 0.25) is 0 Å². The predicted molar refractivity (Wildman–Crippen MR) is 76.9 cm³/mol. The lowest BCUT2D eigenvalue weighted by atomic mass is 9.77. The molecule has 0 bridgehead atoms. The smallest absolute Gasteiger partial charge is 0.309 e. The summed E-state index contributed by atoms with van der Waals surface area (Å²) in [4.78, 5) is 30.7. The minimum atomic E-state index is -0.929. The van der Waals surface area contributed by atoms with Crippen molar-refractivity contribution in [3.63, 3.8) is 0 Å². The van der Waals surface area contributed by atoms with Crippen molar-refractivity contribution >= 4 is 17.6 Å². The molecule has 0 aromatic carbocycles. The lowest BCUT2D eigenvalue weighted by Gasteiger charge is -2.46. The van der Waals surface area contributed by atoms with Gasteiger partial charge in [-0.05, 0) is 18.9 Å². The fourth-order valence-corrected chi connectivity index (χ4v) is 3.74. The van der Waals surface area contributed by atoms with Gasteiger partial charge in [-0.25, -0.2) is 4.39 Å². The van der Waals surface area contributed by atoms with Gasteiger partial charge in [0.2, 0.25) is 5.91 Å². The van der Waals surface area contributed by atoms with E-state index in [4.69, 9.17) is 0 Å². The van der Waals surface area contributed by atoms with Gasteiger partial charge in [-0.1, -0.05) is 0 Å². The number of pyridine rings is 1. The molecule has 1 spiro atoms. The van der Waals surface area contributed by atoms with Crippen molar-refractivity contribution in [1.29, 1.82) is 0 Å². The Labute approximate surface area is 127 Å². The normalized spacial score (nSPS) is 24.1. The zero-order valence-corrected chi connectivity index (χ0v) is 12.3. The molecule has 22 heavy (non-hydrogen) atoms. The highest BCUT2D eigenvalue weighted by Gasteiger charge is 2.55. The van der Waals surface area contributed by atoms with Gasteiger partial charge in [0.15, 0.2) is 5.82 Å². The van der Waals surface area contributed by atoms with Crippen LogP contribution in [0, 0.1) is 11.7 Å². The quantitative estimate of drug-likeness (QED) is 0.886. The molecule has 1 atom stereocenters. The fourth-order valence-electron chi connectivity index (χ4n) is 3.74. The molecule has 0 radical (unpaired) electrons. The lowest BCUT2D eigenvalue weighted by molar-refractivity contribution is -0.145. The largest absolute Gasteiger partial charge is 0.481 e. The van der Waals surface area contributed by atoms with Crippen molar-refractivity contribution in [1.82, 2.24) is 9.88 Å². The van der Waals surface area contributed by atoms with Gasteiger partial charge in [-0.15, -0.1) is 0 Å². The average Bonchev–Trinajstić information content (AvgIpc) is 2.74. The number of aliphatic carboxylic acids is 1. The number of hydrogen-bond donors (Lipinski definition) is 1. The van der Waals surface area contributed by atoms with Crippen LogP contribution in [0.4, 0.5) is 10.1 Å². The maximum atomic E-state index is 13.8. The van der Waals surface area contributed by atoms with Crippen molar-refractivity contribution in [2.75, 3.05) is 25.0 Å². The van der Waals surface area contributed by atoms with Crippen molar-refractivity contribution in [2.45, 2.75) is 24.8 Å². The Morgan fingerprint density at radius 2 is 2.14 bits per heavy atom. The number of carboxylic acid groups (broad SMARTS) is 1. The Bertz CT molecular complexity index is 614. The van der Waals surface area contributed by atoms with E-state index in [1.807, 2.05) is 4.90 Å². The van der Waals surface area contributed by atoms with Crippen molar-refractivity contribution in [3.05, 3.63) is 24.3 Å². The molecule has 1 N–H and O–H groups in total.